The van der Waals surface area contributed by atoms with E-state index in [-0.39, 0.29) is 24.3 Å². The fraction of sp³-hybridized carbons (Fsp3) is 0.333. The first kappa shape index (κ1) is 18.2. The number of carbonyl (C=O) groups excluding carboxylic acids is 1. The van der Waals surface area contributed by atoms with Crippen LogP contribution in [0.5, 0.6) is 0 Å². The van der Waals surface area contributed by atoms with Crippen molar-refractivity contribution in [1.82, 2.24) is 19.6 Å². The molecule has 1 fully saturated rings. The molecular weight excluding hydrogens is 356 g/mol. The summed E-state index contributed by atoms with van der Waals surface area (Å²) in [5.74, 6) is -0.0155. The quantitative estimate of drug-likeness (QED) is 0.631. The van der Waals surface area contributed by atoms with E-state index in [1.165, 1.54) is 4.57 Å². The van der Waals surface area contributed by atoms with Crippen molar-refractivity contribution in [2.45, 2.75) is 38.9 Å². The van der Waals surface area contributed by atoms with Crippen molar-refractivity contribution in [2.75, 3.05) is 0 Å². The molecule has 2 heterocycles. The zero-order valence-corrected chi connectivity index (χ0v) is 15.7. The molecule has 0 saturated heterocycles. The van der Waals surface area contributed by atoms with Gasteiger partial charge in [-0.15, -0.1) is 0 Å². The van der Waals surface area contributed by atoms with Gasteiger partial charge in [0.15, 0.2) is 0 Å². The topological polar surface area (TPSA) is 81.2 Å². The van der Waals surface area contributed by atoms with Crippen LogP contribution < -0.4 is 5.76 Å². The van der Waals surface area contributed by atoms with Crippen molar-refractivity contribution in [3.8, 4) is 11.5 Å². The molecule has 3 aromatic rings. The molecule has 1 aliphatic rings. The largest absolute Gasteiger partial charge is 0.442 e. The van der Waals surface area contributed by atoms with E-state index >= 15 is 0 Å². The summed E-state index contributed by atoms with van der Waals surface area (Å²) < 4.78 is 6.07. The summed E-state index contributed by atoms with van der Waals surface area (Å²) in [5, 5.41) is 3.82. The predicted molar refractivity (Wildman–Crippen MR) is 103 cm³/mol. The minimum absolute atomic E-state index is 0.113. The second kappa shape index (κ2) is 7.80. The maximum Gasteiger partial charge on any atom is 0.442 e. The highest BCUT2D eigenvalue weighted by Crippen LogP contribution is 2.35. The Kier molecular flexibility index (Phi) is 5.06. The van der Waals surface area contributed by atoms with Gasteiger partial charge in [0.1, 0.15) is 12.2 Å². The van der Waals surface area contributed by atoms with Gasteiger partial charge in [-0.05, 0) is 43.4 Å². The smallest absolute Gasteiger partial charge is 0.334 e. The Hall–Kier alpha value is -3.22. The molecule has 0 spiro atoms. The van der Waals surface area contributed by atoms with Crippen LogP contribution in [0.4, 0.5) is 0 Å². The zero-order chi connectivity index (χ0) is 19.5. The number of hydrogen-bond acceptors (Lipinski definition) is 5. The maximum atomic E-state index is 13.2. The SMILES string of the molecule is CC(C1CC1)N(Cc1ccccc1)C(=O)Cn1c(-c2ccccn2)noc1=O. The lowest BCUT2D eigenvalue weighted by molar-refractivity contribution is -0.135. The number of amides is 1. The highest BCUT2D eigenvalue weighted by atomic mass is 16.5. The minimum Gasteiger partial charge on any atom is -0.334 e. The van der Waals surface area contributed by atoms with Crippen molar-refractivity contribution in [2.24, 2.45) is 5.92 Å². The number of carbonyl (C=O) groups is 1. The van der Waals surface area contributed by atoms with Gasteiger partial charge in [0.25, 0.3) is 0 Å². The number of hydrogen-bond donors (Lipinski definition) is 0. The lowest BCUT2D eigenvalue weighted by Gasteiger charge is -2.29. The van der Waals surface area contributed by atoms with Gasteiger partial charge in [0.2, 0.25) is 11.7 Å². The third kappa shape index (κ3) is 3.88. The molecule has 1 aromatic carbocycles. The van der Waals surface area contributed by atoms with Crippen molar-refractivity contribution >= 4 is 5.91 Å². The lowest BCUT2D eigenvalue weighted by Crippen LogP contribution is -2.42. The van der Waals surface area contributed by atoms with E-state index in [1.54, 1.807) is 24.4 Å². The highest BCUT2D eigenvalue weighted by Gasteiger charge is 2.34. The number of benzene rings is 1. The summed E-state index contributed by atoms with van der Waals surface area (Å²) in [6.45, 7) is 2.46. The number of nitrogens with zero attached hydrogens (tertiary/aromatic N) is 4. The molecule has 7 nitrogen and oxygen atoms in total. The summed E-state index contributed by atoms with van der Waals surface area (Å²) in [7, 11) is 0. The summed E-state index contributed by atoms with van der Waals surface area (Å²) >= 11 is 0. The monoisotopic (exact) mass is 378 g/mol. The molecule has 28 heavy (non-hydrogen) atoms. The standard InChI is InChI=1S/C21H22N4O3/c1-15(17-10-11-17)24(13-16-7-3-2-4-8-16)19(26)14-25-20(23-28-21(25)27)18-9-5-6-12-22-18/h2-9,12,15,17H,10-11,13-14H2,1H3. The number of pyridine rings is 1. The van der Waals surface area contributed by atoms with Crippen molar-refractivity contribution in [3.63, 3.8) is 0 Å². The molecule has 1 aliphatic carbocycles. The van der Waals surface area contributed by atoms with Crippen molar-refractivity contribution in [3.05, 3.63) is 70.8 Å². The average molecular weight is 378 g/mol. The van der Waals surface area contributed by atoms with E-state index in [1.807, 2.05) is 35.2 Å². The summed E-state index contributed by atoms with van der Waals surface area (Å²) in [4.78, 5) is 31.4. The first-order valence-corrected chi connectivity index (χ1v) is 9.45. The molecule has 1 atom stereocenters. The normalized spacial score (nSPS) is 14.6. The highest BCUT2D eigenvalue weighted by molar-refractivity contribution is 5.77. The molecule has 0 N–H and O–H groups in total. The van der Waals surface area contributed by atoms with Gasteiger partial charge in [-0.2, -0.15) is 0 Å². The lowest BCUT2D eigenvalue weighted by atomic mass is 10.1. The number of aromatic nitrogens is 3. The summed E-state index contributed by atoms with van der Waals surface area (Å²) in [5.41, 5.74) is 1.55. The van der Waals surface area contributed by atoms with Gasteiger partial charge in [0.05, 0.1) is 0 Å². The van der Waals surface area contributed by atoms with Crippen LogP contribution in [0.3, 0.4) is 0 Å². The van der Waals surface area contributed by atoms with E-state index in [2.05, 4.69) is 17.1 Å². The second-order valence-corrected chi connectivity index (χ2v) is 7.16. The first-order chi connectivity index (χ1) is 13.6. The van der Waals surface area contributed by atoms with E-state index in [0.717, 1.165) is 18.4 Å². The van der Waals surface area contributed by atoms with E-state index in [4.69, 9.17) is 4.52 Å². The van der Waals surface area contributed by atoms with Crippen LogP contribution in [-0.4, -0.2) is 31.6 Å². The van der Waals surface area contributed by atoms with Gasteiger partial charge in [0, 0.05) is 18.8 Å². The van der Waals surface area contributed by atoms with Crippen LogP contribution in [-0.2, 0) is 17.9 Å². The molecular formula is C21H22N4O3. The van der Waals surface area contributed by atoms with Crippen molar-refractivity contribution in [1.29, 1.82) is 0 Å². The number of rotatable bonds is 7. The van der Waals surface area contributed by atoms with Gasteiger partial charge in [-0.1, -0.05) is 41.6 Å². The van der Waals surface area contributed by atoms with Gasteiger partial charge in [-0.25, -0.2) is 9.36 Å². The van der Waals surface area contributed by atoms with Crippen LogP contribution in [0.1, 0.15) is 25.3 Å². The van der Waals surface area contributed by atoms with Crippen LogP contribution >= 0.6 is 0 Å². The molecule has 1 saturated carbocycles. The molecule has 7 heteroatoms. The van der Waals surface area contributed by atoms with E-state index < -0.39 is 5.76 Å². The summed E-state index contributed by atoms with van der Waals surface area (Å²) in [6.07, 6.45) is 3.87. The summed E-state index contributed by atoms with van der Waals surface area (Å²) in [6, 6.07) is 15.3. The Labute approximate surface area is 162 Å². The third-order valence-electron chi connectivity index (χ3n) is 5.19. The zero-order valence-electron chi connectivity index (χ0n) is 15.7. The molecule has 1 unspecified atom stereocenters. The fourth-order valence-corrected chi connectivity index (χ4v) is 3.39. The minimum atomic E-state index is -0.660. The fourth-order valence-electron chi connectivity index (χ4n) is 3.39. The molecule has 144 valence electrons. The van der Waals surface area contributed by atoms with E-state index in [0.29, 0.717) is 18.2 Å². The van der Waals surface area contributed by atoms with Crippen molar-refractivity contribution < 1.29 is 9.32 Å². The molecule has 0 bridgehead atoms. The molecule has 1 amide bonds. The Morgan fingerprint density at radius 3 is 2.64 bits per heavy atom. The van der Waals surface area contributed by atoms with E-state index in [9.17, 15) is 9.59 Å². The van der Waals surface area contributed by atoms with Gasteiger partial charge in [-0.3, -0.25) is 14.3 Å². The third-order valence-corrected chi connectivity index (χ3v) is 5.19. The van der Waals surface area contributed by atoms with Crippen LogP contribution in [0.25, 0.3) is 11.5 Å². The Balaban J connectivity index is 1.60. The Bertz CT molecular complexity index is 993. The van der Waals surface area contributed by atoms with Crippen LogP contribution in [0, 0.1) is 5.92 Å². The second-order valence-electron chi connectivity index (χ2n) is 7.16. The molecule has 2 aromatic heterocycles. The first-order valence-electron chi connectivity index (χ1n) is 9.45. The van der Waals surface area contributed by atoms with Crippen LogP contribution in [0.15, 0.2) is 64.0 Å². The van der Waals surface area contributed by atoms with Gasteiger partial charge >= 0.3 is 5.76 Å². The average Bonchev–Trinajstić information content (AvgIpc) is 3.52. The molecule has 0 radical (unpaired) electrons. The van der Waals surface area contributed by atoms with Crippen LogP contribution in [0.2, 0.25) is 0 Å². The Morgan fingerprint density at radius 1 is 1.21 bits per heavy atom. The molecule has 4 rings (SSSR count). The van der Waals surface area contributed by atoms with Gasteiger partial charge < -0.3 is 4.90 Å². The molecule has 0 aliphatic heterocycles. The predicted octanol–water partition coefficient (Wildman–Crippen LogP) is 2.73. The Morgan fingerprint density at radius 2 is 1.96 bits per heavy atom. The maximum absolute atomic E-state index is 13.2.